The summed E-state index contributed by atoms with van der Waals surface area (Å²) in [6, 6.07) is 8.48. The molecule has 2 N–H and O–H groups in total. The van der Waals surface area contributed by atoms with Crippen molar-refractivity contribution in [2.45, 2.75) is 39.0 Å². The molecule has 27 heavy (non-hydrogen) atoms. The third kappa shape index (κ3) is 10.1. The average molecular weight is 440 g/mol. The van der Waals surface area contributed by atoms with E-state index in [1.165, 1.54) is 5.56 Å². The fraction of sp³-hybridized carbons (Fsp3) is 0.667. The van der Waals surface area contributed by atoms with E-state index in [0.29, 0.717) is 5.92 Å². The lowest BCUT2D eigenvalue weighted by molar-refractivity contribution is 0.0203. The SMILES string of the molecule is CCNC(=NCCCc1cccc(Br)c1)NCCCOCC1CCOCC1. The molecule has 1 aliphatic rings. The van der Waals surface area contributed by atoms with Gasteiger partial charge in [-0.05, 0) is 62.6 Å². The van der Waals surface area contributed by atoms with Crippen LogP contribution in [0.25, 0.3) is 0 Å². The van der Waals surface area contributed by atoms with Gasteiger partial charge in [0.05, 0.1) is 0 Å². The Labute approximate surface area is 172 Å². The number of ether oxygens (including phenoxy) is 2. The van der Waals surface area contributed by atoms with Crippen molar-refractivity contribution in [2.24, 2.45) is 10.9 Å². The standard InChI is InChI=1S/C21H34BrN3O2/c1-2-23-21(24-11-4-7-18-6-3-8-20(22)16-18)25-12-5-13-27-17-19-9-14-26-15-10-19/h3,6,8,16,19H,2,4-5,7,9-15,17H2,1H3,(H2,23,24,25). The maximum atomic E-state index is 5.81. The summed E-state index contributed by atoms with van der Waals surface area (Å²) in [7, 11) is 0. The lowest BCUT2D eigenvalue weighted by Crippen LogP contribution is -2.38. The molecule has 2 rings (SSSR count). The van der Waals surface area contributed by atoms with Crippen LogP contribution in [0.1, 0.15) is 38.2 Å². The first-order valence-electron chi connectivity index (χ1n) is 10.2. The second-order valence-electron chi connectivity index (χ2n) is 6.91. The smallest absolute Gasteiger partial charge is 0.191 e. The molecule has 0 bridgehead atoms. The number of rotatable bonds is 11. The molecule has 6 heteroatoms. The number of aryl methyl sites for hydroxylation is 1. The Morgan fingerprint density at radius 3 is 2.89 bits per heavy atom. The fourth-order valence-electron chi connectivity index (χ4n) is 3.05. The molecule has 0 radical (unpaired) electrons. The van der Waals surface area contributed by atoms with Crippen LogP contribution in [-0.2, 0) is 15.9 Å². The number of hydrogen-bond donors (Lipinski definition) is 2. The number of guanidine groups is 1. The molecule has 0 aromatic heterocycles. The minimum Gasteiger partial charge on any atom is -0.381 e. The zero-order valence-corrected chi connectivity index (χ0v) is 18.1. The van der Waals surface area contributed by atoms with Gasteiger partial charge in [-0.2, -0.15) is 0 Å². The molecule has 0 amide bonds. The van der Waals surface area contributed by atoms with E-state index in [9.17, 15) is 0 Å². The Morgan fingerprint density at radius 1 is 1.26 bits per heavy atom. The van der Waals surface area contributed by atoms with Crippen molar-refractivity contribution in [1.82, 2.24) is 10.6 Å². The summed E-state index contributed by atoms with van der Waals surface area (Å²) in [5.74, 6) is 1.58. The molecule has 0 aliphatic carbocycles. The predicted octanol–water partition coefficient (Wildman–Crippen LogP) is 3.77. The van der Waals surface area contributed by atoms with Gasteiger partial charge in [0.2, 0.25) is 0 Å². The summed E-state index contributed by atoms with van der Waals surface area (Å²) in [5.41, 5.74) is 1.35. The zero-order valence-electron chi connectivity index (χ0n) is 16.5. The maximum absolute atomic E-state index is 5.81. The van der Waals surface area contributed by atoms with Crippen molar-refractivity contribution in [3.8, 4) is 0 Å². The Morgan fingerprint density at radius 2 is 2.11 bits per heavy atom. The van der Waals surface area contributed by atoms with E-state index in [1.807, 2.05) is 0 Å². The van der Waals surface area contributed by atoms with Crippen LogP contribution in [0.2, 0.25) is 0 Å². The number of hydrogen-bond acceptors (Lipinski definition) is 3. The zero-order chi connectivity index (χ0) is 19.2. The number of nitrogens with one attached hydrogen (secondary N) is 2. The van der Waals surface area contributed by atoms with Crippen LogP contribution < -0.4 is 10.6 Å². The predicted molar refractivity (Wildman–Crippen MR) is 115 cm³/mol. The monoisotopic (exact) mass is 439 g/mol. The van der Waals surface area contributed by atoms with Crippen LogP contribution in [-0.4, -0.2) is 52.0 Å². The molecule has 5 nitrogen and oxygen atoms in total. The van der Waals surface area contributed by atoms with Crippen molar-refractivity contribution in [2.75, 3.05) is 46.1 Å². The third-order valence-electron chi connectivity index (χ3n) is 4.58. The van der Waals surface area contributed by atoms with E-state index in [1.54, 1.807) is 0 Å². The largest absolute Gasteiger partial charge is 0.381 e. The van der Waals surface area contributed by atoms with Crippen molar-refractivity contribution in [3.05, 3.63) is 34.3 Å². The second kappa shape index (κ2) is 14.0. The molecule has 0 saturated carbocycles. The molecule has 1 aromatic rings. The molecule has 0 spiro atoms. The van der Waals surface area contributed by atoms with E-state index in [-0.39, 0.29) is 0 Å². The van der Waals surface area contributed by atoms with Gasteiger partial charge >= 0.3 is 0 Å². The molecular formula is C21H34BrN3O2. The topological polar surface area (TPSA) is 54.9 Å². The number of halogens is 1. The number of benzene rings is 1. The van der Waals surface area contributed by atoms with Crippen molar-refractivity contribution in [3.63, 3.8) is 0 Å². The molecular weight excluding hydrogens is 406 g/mol. The molecule has 152 valence electrons. The summed E-state index contributed by atoms with van der Waals surface area (Å²) in [6.07, 6.45) is 5.35. The highest BCUT2D eigenvalue weighted by Gasteiger charge is 2.13. The van der Waals surface area contributed by atoms with Crippen LogP contribution in [0.5, 0.6) is 0 Å². The third-order valence-corrected chi connectivity index (χ3v) is 5.07. The first-order chi connectivity index (χ1) is 13.3. The quantitative estimate of drug-likeness (QED) is 0.313. The Kier molecular flexibility index (Phi) is 11.5. The van der Waals surface area contributed by atoms with Crippen molar-refractivity contribution in [1.29, 1.82) is 0 Å². The molecule has 0 unspecified atom stereocenters. The van der Waals surface area contributed by atoms with Gasteiger partial charge in [-0.15, -0.1) is 0 Å². The highest BCUT2D eigenvalue weighted by molar-refractivity contribution is 9.10. The minimum atomic E-state index is 0.677. The highest BCUT2D eigenvalue weighted by Crippen LogP contribution is 2.14. The van der Waals surface area contributed by atoms with E-state index >= 15 is 0 Å². The Bertz CT molecular complexity index is 548. The van der Waals surface area contributed by atoms with E-state index in [2.05, 4.69) is 62.7 Å². The highest BCUT2D eigenvalue weighted by atomic mass is 79.9. The van der Waals surface area contributed by atoms with E-state index in [4.69, 9.17) is 9.47 Å². The van der Waals surface area contributed by atoms with Crippen molar-refractivity contribution < 1.29 is 9.47 Å². The molecule has 1 aliphatic heterocycles. The lowest BCUT2D eigenvalue weighted by Gasteiger charge is -2.21. The van der Waals surface area contributed by atoms with E-state index < -0.39 is 0 Å². The maximum Gasteiger partial charge on any atom is 0.191 e. The Hall–Kier alpha value is -1.11. The molecule has 1 heterocycles. The van der Waals surface area contributed by atoms with Crippen molar-refractivity contribution >= 4 is 21.9 Å². The number of nitrogens with zero attached hydrogens (tertiary/aromatic N) is 1. The average Bonchev–Trinajstić information content (AvgIpc) is 2.68. The summed E-state index contributed by atoms with van der Waals surface area (Å²) in [5, 5.41) is 6.71. The van der Waals surface area contributed by atoms with E-state index in [0.717, 1.165) is 88.6 Å². The molecule has 1 aromatic carbocycles. The van der Waals surface area contributed by atoms with Crippen LogP contribution >= 0.6 is 15.9 Å². The Balaban J connectivity index is 1.55. The van der Waals surface area contributed by atoms with Gasteiger partial charge < -0.3 is 20.1 Å². The summed E-state index contributed by atoms with van der Waals surface area (Å²) in [6.45, 7) is 8.11. The minimum absolute atomic E-state index is 0.677. The van der Waals surface area contributed by atoms with Gasteiger partial charge in [0.15, 0.2) is 5.96 Å². The van der Waals surface area contributed by atoms with Crippen LogP contribution in [0.4, 0.5) is 0 Å². The first kappa shape index (κ1) is 22.2. The second-order valence-corrected chi connectivity index (χ2v) is 7.82. The first-order valence-corrected chi connectivity index (χ1v) is 11.0. The van der Waals surface area contributed by atoms with Crippen LogP contribution in [0.15, 0.2) is 33.7 Å². The van der Waals surface area contributed by atoms with Gasteiger partial charge in [-0.25, -0.2) is 0 Å². The number of aliphatic imine (C=N–C) groups is 1. The van der Waals surface area contributed by atoms with Gasteiger partial charge in [-0.1, -0.05) is 28.1 Å². The van der Waals surface area contributed by atoms with Crippen LogP contribution in [0.3, 0.4) is 0 Å². The summed E-state index contributed by atoms with van der Waals surface area (Å²) >= 11 is 3.52. The summed E-state index contributed by atoms with van der Waals surface area (Å²) < 4.78 is 12.3. The molecule has 0 atom stereocenters. The lowest BCUT2D eigenvalue weighted by atomic mass is 10.0. The van der Waals surface area contributed by atoms with Gasteiger partial charge in [-0.3, -0.25) is 4.99 Å². The summed E-state index contributed by atoms with van der Waals surface area (Å²) in [4.78, 5) is 4.67. The molecule has 1 fully saturated rings. The van der Waals surface area contributed by atoms with Gasteiger partial charge in [0.1, 0.15) is 0 Å². The van der Waals surface area contributed by atoms with Gasteiger partial charge in [0, 0.05) is 50.5 Å². The normalized spacial score (nSPS) is 15.7. The molecule has 1 saturated heterocycles. The fourth-order valence-corrected chi connectivity index (χ4v) is 3.50. The van der Waals surface area contributed by atoms with Gasteiger partial charge in [0.25, 0.3) is 0 Å². The van der Waals surface area contributed by atoms with Crippen LogP contribution in [0, 0.1) is 5.92 Å².